The topological polar surface area (TPSA) is 53.1 Å². The molecule has 1 heterocycles. The number of para-hydroxylation sites is 1. The van der Waals surface area contributed by atoms with Crippen LogP contribution >= 0.6 is 0 Å². The molecular formula is C27H45N3O3. The molecule has 0 aromatic heterocycles. The van der Waals surface area contributed by atoms with Gasteiger partial charge in [-0.2, -0.15) is 0 Å². The zero-order chi connectivity index (χ0) is 24.1. The summed E-state index contributed by atoms with van der Waals surface area (Å²) < 4.78 is 5.56. The molecule has 1 saturated heterocycles. The van der Waals surface area contributed by atoms with Crippen LogP contribution in [0.15, 0.2) is 30.3 Å². The molecule has 2 rings (SSSR count). The molecule has 0 saturated carbocycles. The minimum atomic E-state index is -0.617. The van der Waals surface area contributed by atoms with Crippen LogP contribution in [-0.4, -0.2) is 66.7 Å². The van der Waals surface area contributed by atoms with Gasteiger partial charge >= 0.3 is 6.09 Å². The molecule has 0 bridgehead atoms. The molecule has 0 unspecified atom stereocenters. The van der Waals surface area contributed by atoms with Crippen molar-refractivity contribution in [1.29, 1.82) is 0 Å². The maximum atomic E-state index is 13.0. The summed E-state index contributed by atoms with van der Waals surface area (Å²) in [6.07, 6.45) is 10.2. The number of piperazine rings is 1. The number of ether oxygens (including phenoxy) is 1. The maximum absolute atomic E-state index is 13.0. The highest BCUT2D eigenvalue weighted by molar-refractivity contribution is 5.95. The lowest BCUT2D eigenvalue weighted by Crippen LogP contribution is -2.52. The average Bonchev–Trinajstić information content (AvgIpc) is 2.79. The number of nitrogens with zero attached hydrogens (tertiary/aromatic N) is 3. The molecule has 6 heteroatoms. The van der Waals surface area contributed by atoms with Crippen LogP contribution in [0.5, 0.6) is 0 Å². The highest BCUT2D eigenvalue weighted by Gasteiger charge is 2.28. The first-order chi connectivity index (χ1) is 15.8. The number of carbonyl (C=O) groups excluding carboxylic acids is 2. The fraction of sp³-hybridized carbons (Fsp3) is 0.704. The number of anilines is 1. The van der Waals surface area contributed by atoms with Crippen LogP contribution in [0.1, 0.15) is 79.1 Å². The predicted octanol–water partition coefficient (Wildman–Crippen LogP) is 5.71. The summed E-state index contributed by atoms with van der Waals surface area (Å²) >= 11 is 0. The lowest BCUT2D eigenvalue weighted by atomic mass is 10.1. The van der Waals surface area contributed by atoms with Crippen molar-refractivity contribution < 1.29 is 14.3 Å². The van der Waals surface area contributed by atoms with Gasteiger partial charge in [-0.25, -0.2) is 4.79 Å². The van der Waals surface area contributed by atoms with Crippen molar-refractivity contribution in [2.75, 3.05) is 44.2 Å². The largest absolute Gasteiger partial charge is 0.443 e. The molecule has 6 nitrogen and oxygen atoms in total. The SMILES string of the molecule is CCCCCCCCCCN1CCN(C(=O)CN(C(=O)OC(C)(C)C)c2ccccc2)CC1. The molecule has 1 aliphatic rings. The summed E-state index contributed by atoms with van der Waals surface area (Å²) in [5, 5.41) is 0. The molecule has 1 aromatic rings. The average molecular weight is 460 g/mol. The van der Waals surface area contributed by atoms with Crippen LogP contribution in [-0.2, 0) is 9.53 Å². The van der Waals surface area contributed by atoms with Gasteiger partial charge < -0.3 is 9.64 Å². The summed E-state index contributed by atoms with van der Waals surface area (Å²) in [5.41, 5.74) is 0.0577. The Kier molecular flexibility index (Phi) is 11.7. The van der Waals surface area contributed by atoms with E-state index >= 15 is 0 Å². The van der Waals surface area contributed by atoms with Crippen molar-refractivity contribution in [3.63, 3.8) is 0 Å². The van der Waals surface area contributed by atoms with E-state index < -0.39 is 11.7 Å². The van der Waals surface area contributed by atoms with E-state index in [0.29, 0.717) is 18.8 Å². The number of benzene rings is 1. The molecule has 0 N–H and O–H groups in total. The molecule has 0 radical (unpaired) electrons. The first-order valence-corrected chi connectivity index (χ1v) is 12.9. The molecule has 1 aromatic carbocycles. The number of unbranched alkanes of at least 4 members (excludes halogenated alkanes) is 7. The van der Waals surface area contributed by atoms with Gasteiger partial charge in [-0.1, -0.05) is 70.1 Å². The molecule has 33 heavy (non-hydrogen) atoms. The van der Waals surface area contributed by atoms with Gasteiger partial charge in [0.25, 0.3) is 0 Å². The first-order valence-electron chi connectivity index (χ1n) is 12.9. The first kappa shape index (κ1) is 27.2. The molecule has 1 fully saturated rings. The van der Waals surface area contributed by atoms with Gasteiger partial charge in [0.1, 0.15) is 12.1 Å². The number of hydrogen-bond donors (Lipinski definition) is 0. The number of rotatable bonds is 12. The lowest BCUT2D eigenvalue weighted by molar-refractivity contribution is -0.131. The fourth-order valence-electron chi connectivity index (χ4n) is 4.11. The van der Waals surface area contributed by atoms with Gasteiger partial charge in [-0.15, -0.1) is 0 Å². The zero-order valence-corrected chi connectivity index (χ0v) is 21.4. The van der Waals surface area contributed by atoms with E-state index in [0.717, 1.165) is 19.6 Å². The zero-order valence-electron chi connectivity index (χ0n) is 21.4. The Labute approximate surface area is 201 Å². The Bertz CT molecular complexity index is 694. The second kappa shape index (κ2) is 14.2. The third-order valence-electron chi connectivity index (χ3n) is 6.03. The van der Waals surface area contributed by atoms with Crippen LogP contribution < -0.4 is 4.90 Å². The van der Waals surface area contributed by atoms with E-state index in [-0.39, 0.29) is 12.5 Å². The van der Waals surface area contributed by atoms with Crippen molar-refractivity contribution in [1.82, 2.24) is 9.80 Å². The summed E-state index contributed by atoms with van der Waals surface area (Å²) in [4.78, 5) is 31.6. The van der Waals surface area contributed by atoms with E-state index in [4.69, 9.17) is 4.74 Å². The van der Waals surface area contributed by atoms with Crippen molar-refractivity contribution in [2.45, 2.75) is 84.7 Å². The van der Waals surface area contributed by atoms with E-state index in [9.17, 15) is 9.59 Å². The minimum Gasteiger partial charge on any atom is -0.443 e. The quantitative estimate of drug-likeness (QED) is 0.376. The molecule has 2 amide bonds. The third kappa shape index (κ3) is 10.6. The maximum Gasteiger partial charge on any atom is 0.415 e. The summed E-state index contributed by atoms with van der Waals surface area (Å²) in [6, 6.07) is 9.28. The second-order valence-electron chi connectivity index (χ2n) is 10.1. The molecule has 0 aliphatic carbocycles. The summed E-state index contributed by atoms with van der Waals surface area (Å²) in [5.74, 6) is -0.0311. The number of hydrogen-bond acceptors (Lipinski definition) is 4. The van der Waals surface area contributed by atoms with Crippen LogP contribution in [0, 0.1) is 0 Å². The van der Waals surface area contributed by atoms with Gasteiger partial charge in [0.2, 0.25) is 5.91 Å². The Morgan fingerprint density at radius 3 is 2.03 bits per heavy atom. The Morgan fingerprint density at radius 2 is 1.45 bits per heavy atom. The summed E-state index contributed by atoms with van der Waals surface area (Å²) in [7, 11) is 0. The number of amides is 2. The smallest absolute Gasteiger partial charge is 0.415 e. The van der Waals surface area contributed by atoms with Crippen LogP contribution in [0.25, 0.3) is 0 Å². The van der Waals surface area contributed by atoms with E-state index in [2.05, 4.69) is 11.8 Å². The Hall–Kier alpha value is -2.08. The van der Waals surface area contributed by atoms with Crippen molar-refractivity contribution in [3.05, 3.63) is 30.3 Å². The Balaban J connectivity index is 1.76. The van der Waals surface area contributed by atoms with Gasteiger partial charge in [0.15, 0.2) is 0 Å². The fourth-order valence-corrected chi connectivity index (χ4v) is 4.11. The third-order valence-corrected chi connectivity index (χ3v) is 6.03. The standard InChI is InChI=1S/C27H45N3O3/c1-5-6-7-8-9-10-11-15-18-28-19-21-29(22-20-28)25(31)23-30(24-16-13-12-14-17-24)26(32)33-27(2,3)4/h12-14,16-17H,5-11,15,18-23H2,1-4H3. The minimum absolute atomic E-state index is 0.00302. The Morgan fingerprint density at radius 1 is 0.879 bits per heavy atom. The van der Waals surface area contributed by atoms with Crippen LogP contribution in [0.3, 0.4) is 0 Å². The van der Waals surface area contributed by atoms with E-state index in [1.807, 2.05) is 56.0 Å². The van der Waals surface area contributed by atoms with Crippen molar-refractivity contribution in [2.24, 2.45) is 0 Å². The molecule has 0 spiro atoms. The van der Waals surface area contributed by atoms with Gasteiger partial charge in [-0.3, -0.25) is 14.6 Å². The van der Waals surface area contributed by atoms with E-state index in [1.165, 1.54) is 56.3 Å². The highest BCUT2D eigenvalue weighted by atomic mass is 16.6. The van der Waals surface area contributed by atoms with Crippen LogP contribution in [0.2, 0.25) is 0 Å². The molecule has 186 valence electrons. The van der Waals surface area contributed by atoms with Crippen LogP contribution in [0.4, 0.5) is 10.5 Å². The van der Waals surface area contributed by atoms with Gasteiger partial charge in [0, 0.05) is 31.9 Å². The van der Waals surface area contributed by atoms with Gasteiger partial charge in [0.05, 0.1) is 0 Å². The second-order valence-corrected chi connectivity index (χ2v) is 10.1. The normalized spacial score (nSPS) is 14.8. The van der Waals surface area contributed by atoms with Crippen molar-refractivity contribution in [3.8, 4) is 0 Å². The summed E-state index contributed by atoms with van der Waals surface area (Å²) in [6.45, 7) is 12.1. The van der Waals surface area contributed by atoms with Gasteiger partial charge in [-0.05, 0) is 45.9 Å². The van der Waals surface area contributed by atoms with Crippen molar-refractivity contribution >= 4 is 17.7 Å². The molecule has 0 atom stereocenters. The monoisotopic (exact) mass is 459 g/mol. The lowest BCUT2D eigenvalue weighted by Gasteiger charge is -2.36. The number of carbonyl (C=O) groups is 2. The van der Waals surface area contributed by atoms with E-state index in [1.54, 1.807) is 0 Å². The molecular weight excluding hydrogens is 414 g/mol. The highest BCUT2D eigenvalue weighted by Crippen LogP contribution is 2.19. The predicted molar refractivity (Wildman–Crippen MR) is 136 cm³/mol. The molecule has 1 aliphatic heterocycles.